The van der Waals surface area contributed by atoms with Gasteiger partial charge in [-0.25, -0.2) is 4.39 Å². The molecule has 0 aliphatic carbocycles. The fourth-order valence-electron chi connectivity index (χ4n) is 1.86. The summed E-state index contributed by atoms with van der Waals surface area (Å²) < 4.78 is 15.1. The number of aliphatic hydroxyl groups excluding tert-OH is 1. The molecule has 0 fully saturated rings. The van der Waals surface area contributed by atoms with Gasteiger partial charge in [-0.15, -0.1) is 10.2 Å². The number of hydrogen-bond acceptors (Lipinski definition) is 3. The first-order valence-electron chi connectivity index (χ1n) is 5.46. The van der Waals surface area contributed by atoms with E-state index >= 15 is 0 Å². The van der Waals surface area contributed by atoms with Crippen LogP contribution in [-0.2, 0) is 13.2 Å². The molecule has 0 unspecified atom stereocenters. The Morgan fingerprint density at radius 2 is 2.06 bits per heavy atom. The zero-order valence-electron chi connectivity index (χ0n) is 9.81. The molecule has 5 heteroatoms. The number of aryl methyl sites for hydroxylation is 1. The largest absolute Gasteiger partial charge is 0.388 e. The molecule has 1 aromatic heterocycles. The Hall–Kier alpha value is -1.75. The number of rotatable bonds is 3. The van der Waals surface area contributed by atoms with E-state index in [4.69, 9.17) is 5.11 Å². The molecule has 1 N–H and O–H groups in total. The van der Waals surface area contributed by atoms with Crippen molar-refractivity contribution in [3.63, 3.8) is 0 Å². The van der Waals surface area contributed by atoms with Gasteiger partial charge in [0.25, 0.3) is 0 Å². The van der Waals surface area contributed by atoms with E-state index in [1.165, 1.54) is 12.1 Å². The summed E-state index contributed by atoms with van der Waals surface area (Å²) in [5.74, 6) is 0.778. The molecule has 4 nitrogen and oxygen atoms in total. The normalized spacial score (nSPS) is 10.8. The molecule has 0 radical (unpaired) electrons. The van der Waals surface area contributed by atoms with Crippen molar-refractivity contribution in [2.24, 2.45) is 0 Å². The topological polar surface area (TPSA) is 50.9 Å². The minimum absolute atomic E-state index is 0.171. The van der Waals surface area contributed by atoms with E-state index in [2.05, 4.69) is 10.2 Å². The Bertz CT molecular complexity index is 516. The number of aromatic nitrogens is 3. The molecule has 1 aromatic carbocycles. The van der Waals surface area contributed by atoms with Crippen molar-refractivity contribution in [1.82, 2.24) is 14.8 Å². The maximum atomic E-state index is 13.3. The lowest BCUT2D eigenvalue weighted by atomic mass is 10.1. The Labute approximate surface area is 98.7 Å². The van der Waals surface area contributed by atoms with E-state index in [0.717, 1.165) is 5.56 Å². The first-order valence-corrected chi connectivity index (χ1v) is 5.46. The van der Waals surface area contributed by atoms with Gasteiger partial charge in [-0.1, -0.05) is 0 Å². The summed E-state index contributed by atoms with van der Waals surface area (Å²) in [6, 6.07) is 4.73. The van der Waals surface area contributed by atoms with Gasteiger partial charge in [-0.3, -0.25) is 0 Å². The molecule has 2 rings (SSSR count). The van der Waals surface area contributed by atoms with Crippen LogP contribution in [0.15, 0.2) is 18.2 Å². The van der Waals surface area contributed by atoms with Crippen molar-refractivity contribution < 1.29 is 9.50 Å². The Morgan fingerprint density at radius 3 is 2.65 bits per heavy atom. The van der Waals surface area contributed by atoms with E-state index in [1.807, 2.05) is 19.9 Å². The van der Waals surface area contributed by atoms with Gasteiger partial charge in [0.2, 0.25) is 0 Å². The summed E-state index contributed by atoms with van der Waals surface area (Å²) in [6.45, 7) is 4.22. The van der Waals surface area contributed by atoms with E-state index in [1.54, 1.807) is 4.57 Å². The van der Waals surface area contributed by atoms with Gasteiger partial charge in [0.05, 0.1) is 0 Å². The van der Waals surface area contributed by atoms with Crippen LogP contribution in [0.3, 0.4) is 0 Å². The molecule has 0 atom stereocenters. The highest BCUT2D eigenvalue weighted by Crippen LogP contribution is 2.21. The predicted molar refractivity (Wildman–Crippen MR) is 61.7 cm³/mol. The quantitative estimate of drug-likeness (QED) is 0.884. The van der Waals surface area contributed by atoms with Crippen LogP contribution in [0.2, 0.25) is 0 Å². The van der Waals surface area contributed by atoms with Gasteiger partial charge in [0.1, 0.15) is 12.4 Å². The second kappa shape index (κ2) is 4.63. The first-order chi connectivity index (χ1) is 8.15. The summed E-state index contributed by atoms with van der Waals surface area (Å²) in [6.07, 6.45) is 0. The maximum Gasteiger partial charge on any atom is 0.164 e. The van der Waals surface area contributed by atoms with Gasteiger partial charge in [-0.05, 0) is 37.6 Å². The molecular formula is C12H14FN3O. The number of nitrogens with zero attached hydrogens (tertiary/aromatic N) is 3. The third kappa shape index (κ3) is 2.19. The number of hydrogen-bond donors (Lipinski definition) is 1. The zero-order valence-corrected chi connectivity index (χ0v) is 9.81. The van der Waals surface area contributed by atoms with Crippen LogP contribution < -0.4 is 0 Å². The van der Waals surface area contributed by atoms with Crippen LogP contribution in [0, 0.1) is 12.7 Å². The number of benzene rings is 1. The maximum absolute atomic E-state index is 13.3. The van der Waals surface area contributed by atoms with Crippen molar-refractivity contribution >= 4 is 0 Å². The minimum Gasteiger partial charge on any atom is -0.388 e. The van der Waals surface area contributed by atoms with Gasteiger partial charge in [0.15, 0.2) is 11.6 Å². The molecule has 90 valence electrons. The number of aliphatic hydroxyl groups is 1. The van der Waals surface area contributed by atoms with Crippen LogP contribution in [0.5, 0.6) is 0 Å². The van der Waals surface area contributed by atoms with Crippen molar-refractivity contribution in [2.45, 2.75) is 27.0 Å². The molecule has 1 heterocycles. The number of halogens is 1. The highest BCUT2D eigenvalue weighted by atomic mass is 19.1. The van der Waals surface area contributed by atoms with Crippen LogP contribution >= 0.6 is 0 Å². The average Bonchev–Trinajstić information content (AvgIpc) is 2.70. The van der Waals surface area contributed by atoms with E-state index in [-0.39, 0.29) is 12.4 Å². The lowest BCUT2D eigenvalue weighted by molar-refractivity contribution is 0.265. The molecule has 0 amide bonds. The fraction of sp³-hybridized carbons (Fsp3) is 0.333. The summed E-state index contributed by atoms with van der Waals surface area (Å²) in [5, 5.41) is 17.0. The molecule has 0 saturated carbocycles. The third-order valence-corrected chi connectivity index (χ3v) is 2.59. The van der Waals surface area contributed by atoms with Crippen LogP contribution in [0.4, 0.5) is 4.39 Å². The molecule has 17 heavy (non-hydrogen) atoms. The summed E-state index contributed by atoms with van der Waals surface area (Å²) in [5.41, 5.74) is 1.51. The van der Waals surface area contributed by atoms with Gasteiger partial charge in [0, 0.05) is 12.1 Å². The van der Waals surface area contributed by atoms with E-state index in [0.29, 0.717) is 23.8 Å². The summed E-state index contributed by atoms with van der Waals surface area (Å²) in [4.78, 5) is 0. The molecule has 0 saturated heterocycles. The molecule has 0 aliphatic heterocycles. The monoisotopic (exact) mass is 235 g/mol. The van der Waals surface area contributed by atoms with Crippen molar-refractivity contribution in [1.29, 1.82) is 0 Å². The highest BCUT2D eigenvalue weighted by Gasteiger charge is 2.12. The molecular weight excluding hydrogens is 221 g/mol. The van der Waals surface area contributed by atoms with Crippen LogP contribution in [-0.4, -0.2) is 19.9 Å². The second-order valence-corrected chi connectivity index (χ2v) is 3.86. The lowest BCUT2D eigenvalue weighted by Gasteiger charge is -2.07. The van der Waals surface area contributed by atoms with E-state index < -0.39 is 0 Å². The smallest absolute Gasteiger partial charge is 0.164 e. The van der Waals surface area contributed by atoms with Crippen molar-refractivity contribution in [2.75, 3.05) is 0 Å². The molecule has 2 aromatic rings. The molecule has 0 spiro atoms. The van der Waals surface area contributed by atoms with E-state index in [9.17, 15) is 4.39 Å². The first kappa shape index (κ1) is 11.7. The average molecular weight is 235 g/mol. The van der Waals surface area contributed by atoms with Gasteiger partial charge < -0.3 is 9.67 Å². The standard InChI is InChI=1S/C12H14FN3O/c1-3-16-11(7-17)14-15-12(16)9-4-8(2)5-10(13)6-9/h4-6,17H,3,7H2,1-2H3. The lowest BCUT2D eigenvalue weighted by Crippen LogP contribution is -2.03. The van der Waals surface area contributed by atoms with Crippen LogP contribution in [0.1, 0.15) is 18.3 Å². The zero-order chi connectivity index (χ0) is 12.4. The molecule has 0 bridgehead atoms. The Balaban J connectivity index is 2.55. The van der Waals surface area contributed by atoms with Gasteiger partial charge >= 0.3 is 0 Å². The SMILES string of the molecule is CCn1c(CO)nnc1-c1cc(C)cc(F)c1. The summed E-state index contributed by atoms with van der Waals surface area (Å²) in [7, 11) is 0. The summed E-state index contributed by atoms with van der Waals surface area (Å²) >= 11 is 0. The minimum atomic E-state index is -0.295. The highest BCUT2D eigenvalue weighted by molar-refractivity contribution is 5.56. The Morgan fingerprint density at radius 1 is 1.29 bits per heavy atom. The third-order valence-electron chi connectivity index (χ3n) is 2.59. The fourth-order valence-corrected chi connectivity index (χ4v) is 1.86. The molecule has 0 aliphatic rings. The predicted octanol–water partition coefficient (Wildman–Crippen LogP) is 1.90. The van der Waals surface area contributed by atoms with Crippen molar-refractivity contribution in [3.05, 3.63) is 35.4 Å². The Kier molecular flexibility index (Phi) is 3.19. The van der Waals surface area contributed by atoms with Crippen molar-refractivity contribution in [3.8, 4) is 11.4 Å². The second-order valence-electron chi connectivity index (χ2n) is 3.86. The van der Waals surface area contributed by atoms with Gasteiger partial charge in [-0.2, -0.15) is 0 Å². The van der Waals surface area contributed by atoms with Crippen LogP contribution in [0.25, 0.3) is 11.4 Å².